The van der Waals surface area contributed by atoms with Crippen molar-refractivity contribution in [1.82, 2.24) is 15.0 Å². The van der Waals surface area contributed by atoms with Gasteiger partial charge in [0.1, 0.15) is 5.69 Å². The summed E-state index contributed by atoms with van der Waals surface area (Å²) in [4.78, 5) is 0. The van der Waals surface area contributed by atoms with Gasteiger partial charge < -0.3 is 5.11 Å². The molecule has 3 aromatic rings. The van der Waals surface area contributed by atoms with Crippen LogP contribution in [-0.4, -0.2) is 20.1 Å². The van der Waals surface area contributed by atoms with Gasteiger partial charge in [0.15, 0.2) is 5.60 Å². The quantitative estimate of drug-likeness (QED) is 0.752. The fraction of sp³-hybridized carbons (Fsp3) is 0.263. The van der Waals surface area contributed by atoms with E-state index in [-0.39, 0.29) is 0 Å². The van der Waals surface area contributed by atoms with Gasteiger partial charge in [-0.05, 0) is 30.4 Å². The Morgan fingerprint density at radius 3 is 2.26 bits per heavy atom. The van der Waals surface area contributed by atoms with E-state index in [1.165, 1.54) is 0 Å². The lowest BCUT2D eigenvalue weighted by Gasteiger charge is -2.26. The number of aromatic nitrogens is 3. The molecule has 2 heterocycles. The molecular formula is C19H17N3O. The van der Waals surface area contributed by atoms with Crippen molar-refractivity contribution in [2.75, 3.05) is 0 Å². The molecule has 0 radical (unpaired) electrons. The topological polar surface area (TPSA) is 50.9 Å². The van der Waals surface area contributed by atoms with Crippen molar-refractivity contribution < 1.29 is 5.11 Å². The number of rotatable bonds is 1. The van der Waals surface area contributed by atoms with Crippen molar-refractivity contribution in [2.45, 2.75) is 31.4 Å². The van der Waals surface area contributed by atoms with Gasteiger partial charge in [-0.15, -0.1) is 5.10 Å². The standard InChI is InChI=1S/C19H17N3O/c23-19(18-17-11-5-6-12-22(17)21-20-18)15-9-3-1-7-13(15)14-8-2-4-10-16(14)19/h1-4,7-10,23H,5-6,11-12H2. The second-order valence-corrected chi connectivity index (χ2v) is 6.37. The molecule has 0 fully saturated rings. The minimum Gasteiger partial charge on any atom is -0.374 e. The minimum absolute atomic E-state index is 0.703. The summed E-state index contributed by atoms with van der Waals surface area (Å²) in [5.41, 5.74) is 4.58. The number of benzene rings is 2. The maximum absolute atomic E-state index is 11.8. The molecule has 2 aromatic carbocycles. The fourth-order valence-electron chi connectivity index (χ4n) is 4.06. The van der Waals surface area contributed by atoms with Gasteiger partial charge in [0.2, 0.25) is 0 Å². The summed E-state index contributed by atoms with van der Waals surface area (Å²) < 4.78 is 1.96. The molecule has 0 amide bonds. The Labute approximate surface area is 134 Å². The SMILES string of the molecule is OC1(c2nnn3c2CCCC3)c2ccccc2-c2ccccc21. The molecule has 0 atom stereocenters. The summed E-state index contributed by atoms with van der Waals surface area (Å²) in [6.45, 7) is 0.891. The van der Waals surface area contributed by atoms with Crippen LogP contribution in [0, 0.1) is 0 Å². The number of aryl methyl sites for hydroxylation is 1. The minimum atomic E-state index is -1.20. The molecule has 1 N–H and O–H groups in total. The Hall–Kier alpha value is -2.46. The van der Waals surface area contributed by atoms with Crippen LogP contribution in [0.2, 0.25) is 0 Å². The number of hydrogen-bond acceptors (Lipinski definition) is 3. The molecule has 0 bridgehead atoms. The molecule has 1 aliphatic carbocycles. The van der Waals surface area contributed by atoms with Crippen LogP contribution in [0.5, 0.6) is 0 Å². The molecule has 2 aliphatic rings. The van der Waals surface area contributed by atoms with Crippen LogP contribution in [0.1, 0.15) is 35.4 Å². The maximum Gasteiger partial charge on any atom is 0.162 e. The van der Waals surface area contributed by atoms with Crippen LogP contribution >= 0.6 is 0 Å². The maximum atomic E-state index is 11.8. The molecule has 4 heteroatoms. The van der Waals surface area contributed by atoms with Crippen molar-refractivity contribution in [3.8, 4) is 11.1 Å². The highest BCUT2D eigenvalue weighted by Gasteiger charge is 2.46. The molecule has 1 aliphatic heterocycles. The van der Waals surface area contributed by atoms with Crippen molar-refractivity contribution >= 4 is 0 Å². The van der Waals surface area contributed by atoms with Crippen molar-refractivity contribution in [3.05, 3.63) is 71.0 Å². The van der Waals surface area contributed by atoms with Gasteiger partial charge in [0, 0.05) is 17.7 Å². The van der Waals surface area contributed by atoms with Crippen LogP contribution in [0.4, 0.5) is 0 Å². The summed E-state index contributed by atoms with van der Waals surface area (Å²) in [5.74, 6) is 0. The van der Waals surface area contributed by atoms with E-state index < -0.39 is 5.60 Å². The van der Waals surface area contributed by atoms with Crippen LogP contribution in [-0.2, 0) is 18.6 Å². The zero-order chi connectivity index (χ0) is 15.4. The Bertz CT molecular complexity index is 867. The molecular weight excluding hydrogens is 286 g/mol. The average molecular weight is 303 g/mol. The molecule has 5 rings (SSSR count). The van der Waals surface area contributed by atoms with E-state index >= 15 is 0 Å². The van der Waals surface area contributed by atoms with Crippen LogP contribution < -0.4 is 0 Å². The van der Waals surface area contributed by atoms with Gasteiger partial charge in [-0.25, -0.2) is 4.68 Å². The van der Waals surface area contributed by atoms with Gasteiger partial charge in [0.05, 0.1) is 5.69 Å². The Balaban J connectivity index is 1.83. The monoisotopic (exact) mass is 303 g/mol. The zero-order valence-corrected chi connectivity index (χ0v) is 12.7. The van der Waals surface area contributed by atoms with Gasteiger partial charge in [-0.2, -0.15) is 0 Å². The molecule has 4 nitrogen and oxygen atoms in total. The molecule has 0 saturated carbocycles. The van der Waals surface area contributed by atoms with Gasteiger partial charge in [-0.3, -0.25) is 0 Å². The van der Waals surface area contributed by atoms with Crippen LogP contribution in [0.3, 0.4) is 0 Å². The van der Waals surface area contributed by atoms with E-state index in [2.05, 4.69) is 22.4 Å². The molecule has 1 aromatic heterocycles. The van der Waals surface area contributed by atoms with Crippen molar-refractivity contribution in [1.29, 1.82) is 0 Å². The number of hydrogen-bond donors (Lipinski definition) is 1. The lowest BCUT2D eigenvalue weighted by atomic mass is 9.86. The first-order valence-electron chi connectivity index (χ1n) is 8.15. The first kappa shape index (κ1) is 13.0. The summed E-state index contributed by atoms with van der Waals surface area (Å²) in [6.07, 6.45) is 3.18. The fourth-order valence-corrected chi connectivity index (χ4v) is 4.06. The van der Waals surface area contributed by atoms with E-state index in [1.54, 1.807) is 0 Å². The van der Waals surface area contributed by atoms with Gasteiger partial charge >= 0.3 is 0 Å². The third kappa shape index (κ3) is 1.59. The third-order valence-electron chi connectivity index (χ3n) is 5.14. The number of fused-ring (bicyclic) bond motifs is 4. The second-order valence-electron chi connectivity index (χ2n) is 6.37. The molecule has 0 unspecified atom stereocenters. The van der Waals surface area contributed by atoms with E-state index in [0.29, 0.717) is 5.69 Å². The van der Waals surface area contributed by atoms with E-state index in [9.17, 15) is 5.11 Å². The Kier molecular flexibility index (Phi) is 2.56. The predicted octanol–water partition coefficient (Wildman–Crippen LogP) is 2.88. The van der Waals surface area contributed by atoms with Gasteiger partial charge in [-0.1, -0.05) is 53.7 Å². The first-order chi connectivity index (χ1) is 11.3. The van der Waals surface area contributed by atoms with Crippen molar-refractivity contribution in [2.24, 2.45) is 0 Å². The highest BCUT2D eigenvalue weighted by Crippen LogP contribution is 2.51. The van der Waals surface area contributed by atoms with E-state index in [4.69, 9.17) is 0 Å². The van der Waals surface area contributed by atoms with Gasteiger partial charge in [0.25, 0.3) is 0 Å². The first-order valence-corrected chi connectivity index (χ1v) is 8.15. The van der Waals surface area contributed by atoms with E-state index in [0.717, 1.165) is 53.8 Å². The molecule has 114 valence electrons. The highest BCUT2D eigenvalue weighted by molar-refractivity contribution is 5.81. The number of aliphatic hydroxyl groups is 1. The largest absolute Gasteiger partial charge is 0.374 e. The van der Waals surface area contributed by atoms with Crippen LogP contribution in [0.25, 0.3) is 11.1 Å². The number of nitrogens with zero attached hydrogens (tertiary/aromatic N) is 3. The molecule has 0 saturated heterocycles. The third-order valence-corrected chi connectivity index (χ3v) is 5.14. The summed E-state index contributed by atoms with van der Waals surface area (Å²) >= 11 is 0. The summed E-state index contributed by atoms with van der Waals surface area (Å²) in [7, 11) is 0. The average Bonchev–Trinajstić information content (AvgIpc) is 3.15. The summed E-state index contributed by atoms with van der Waals surface area (Å²) in [5, 5.41) is 20.5. The normalized spacial score (nSPS) is 17.4. The van der Waals surface area contributed by atoms with Crippen molar-refractivity contribution in [3.63, 3.8) is 0 Å². The highest BCUT2D eigenvalue weighted by atomic mass is 16.3. The molecule has 0 spiro atoms. The zero-order valence-electron chi connectivity index (χ0n) is 12.7. The smallest absolute Gasteiger partial charge is 0.162 e. The Morgan fingerprint density at radius 1 is 0.913 bits per heavy atom. The van der Waals surface area contributed by atoms with Crippen LogP contribution in [0.15, 0.2) is 48.5 Å². The van der Waals surface area contributed by atoms with E-state index in [1.807, 2.05) is 41.1 Å². The second kappa shape index (κ2) is 4.52. The lowest BCUT2D eigenvalue weighted by molar-refractivity contribution is 0.124. The summed E-state index contributed by atoms with van der Waals surface area (Å²) in [6, 6.07) is 16.1. The lowest BCUT2D eigenvalue weighted by Crippen LogP contribution is -2.29. The Morgan fingerprint density at radius 2 is 1.57 bits per heavy atom. The molecule has 23 heavy (non-hydrogen) atoms. The predicted molar refractivity (Wildman–Crippen MR) is 86.9 cm³/mol.